The zero-order chi connectivity index (χ0) is 19.2. The average Bonchev–Trinajstić information content (AvgIpc) is 2.94. The molecule has 2 amide bonds. The van der Waals surface area contributed by atoms with Crippen LogP contribution in [-0.2, 0) is 0 Å². The van der Waals surface area contributed by atoms with Crippen molar-refractivity contribution < 1.29 is 14.3 Å². The molecule has 8 nitrogen and oxygen atoms in total. The first-order valence-electron chi connectivity index (χ1n) is 8.95. The van der Waals surface area contributed by atoms with Gasteiger partial charge in [-0.2, -0.15) is 5.10 Å². The van der Waals surface area contributed by atoms with Crippen LogP contribution in [0.2, 0.25) is 0 Å². The van der Waals surface area contributed by atoms with Crippen LogP contribution in [0.4, 0.5) is 0 Å². The zero-order valence-electron chi connectivity index (χ0n) is 15.2. The first kappa shape index (κ1) is 18.6. The van der Waals surface area contributed by atoms with Crippen molar-refractivity contribution in [2.75, 3.05) is 32.8 Å². The summed E-state index contributed by atoms with van der Waals surface area (Å²) in [5.41, 5.74) is 0.441. The number of hydrogen-bond acceptors (Lipinski definition) is 5. The third-order valence-electron chi connectivity index (χ3n) is 4.38. The Hall–Kier alpha value is -3.16. The summed E-state index contributed by atoms with van der Waals surface area (Å²) in [6.07, 6.45) is 0.678. The van der Waals surface area contributed by atoms with Crippen LogP contribution in [0.5, 0.6) is 5.75 Å². The van der Waals surface area contributed by atoms with Gasteiger partial charge >= 0.3 is 0 Å². The summed E-state index contributed by atoms with van der Waals surface area (Å²) in [5.74, 6) is 0.422. The van der Waals surface area contributed by atoms with Crippen molar-refractivity contribution in [3.05, 3.63) is 58.0 Å². The Morgan fingerprint density at radius 1 is 1.00 bits per heavy atom. The van der Waals surface area contributed by atoms with Gasteiger partial charge in [0, 0.05) is 37.8 Å². The van der Waals surface area contributed by atoms with Gasteiger partial charge in [0.05, 0.1) is 6.61 Å². The first-order valence-corrected chi connectivity index (χ1v) is 8.95. The second-order valence-corrected chi connectivity index (χ2v) is 6.20. The van der Waals surface area contributed by atoms with Crippen molar-refractivity contribution >= 4 is 11.8 Å². The highest BCUT2D eigenvalue weighted by Crippen LogP contribution is 2.15. The number of amides is 2. The Balaban J connectivity index is 1.63. The van der Waals surface area contributed by atoms with Gasteiger partial charge in [0.1, 0.15) is 11.4 Å². The normalized spacial score (nSPS) is 14.6. The molecule has 0 saturated carbocycles. The minimum atomic E-state index is -0.352. The van der Waals surface area contributed by atoms with Gasteiger partial charge in [0.25, 0.3) is 17.4 Å². The maximum atomic E-state index is 12.7. The summed E-state index contributed by atoms with van der Waals surface area (Å²) in [6.45, 7) is 4.46. The van der Waals surface area contributed by atoms with E-state index in [1.54, 1.807) is 34.1 Å². The molecule has 0 aliphatic carbocycles. The van der Waals surface area contributed by atoms with Crippen LogP contribution >= 0.6 is 0 Å². The van der Waals surface area contributed by atoms with E-state index in [4.69, 9.17) is 4.74 Å². The summed E-state index contributed by atoms with van der Waals surface area (Å²) >= 11 is 0. The van der Waals surface area contributed by atoms with E-state index in [0.29, 0.717) is 44.8 Å². The number of ether oxygens (including phenoxy) is 1. The predicted octanol–water partition coefficient (Wildman–Crippen LogP) is 1.16. The monoisotopic (exact) mass is 370 g/mol. The van der Waals surface area contributed by atoms with Gasteiger partial charge < -0.3 is 14.5 Å². The smallest absolute Gasteiger partial charge is 0.274 e. The molecule has 0 spiro atoms. The molecule has 3 rings (SSSR count). The van der Waals surface area contributed by atoms with E-state index in [9.17, 15) is 14.4 Å². The number of rotatable bonds is 4. The number of benzene rings is 1. The van der Waals surface area contributed by atoms with Gasteiger partial charge in [-0.15, -0.1) is 0 Å². The van der Waals surface area contributed by atoms with Gasteiger partial charge in [-0.1, -0.05) is 0 Å². The van der Waals surface area contributed by atoms with Crippen molar-refractivity contribution in [3.8, 4) is 5.75 Å². The fourth-order valence-electron chi connectivity index (χ4n) is 2.99. The summed E-state index contributed by atoms with van der Waals surface area (Å²) in [6, 6.07) is 9.77. The number of carbonyl (C=O) groups excluding carboxylic acids is 2. The highest BCUT2D eigenvalue weighted by molar-refractivity contribution is 5.95. The molecule has 1 aliphatic heterocycles. The van der Waals surface area contributed by atoms with Crippen molar-refractivity contribution in [3.63, 3.8) is 0 Å². The molecule has 1 aromatic heterocycles. The Kier molecular flexibility index (Phi) is 5.85. The van der Waals surface area contributed by atoms with E-state index in [-0.39, 0.29) is 23.1 Å². The molecule has 0 bridgehead atoms. The van der Waals surface area contributed by atoms with Crippen LogP contribution in [-0.4, -0.2) is 64.6 Å². The highest BCUT2D eigenvalue weighted by Gasteiger charge is 2.24. The number of aromatic nitrogens is 2. The van der Waals surface area contributed by atoms with Gasteiger partial charge in [-0.05, 0) is 43.7 Å². The Labute approximate surface area is 156 Å². The van der Waals surface area contributed by atoms with Crippen LogP contribution < -0.4 is 10.3 Å². The third-order valence-corrected chi connectivity index (χ3v) is 4.38. The number of hydrogen-bond donors (Lipinski definition) is 1. The van der Waals surface area contributed by atoms with Crippen LogP contribution in [0, 0.1) is 0 Å². The van der Waals surface area contributed by atoms with Gasteiger partial charge in [0.2, 0.25) is 0 Å². The topological polar surface area (TPSA) is 95.6 Å². The molecule has 1 fully saturated rings. The molecule has 2 aromatic rings. The summed E-state index contributed by atoms with van der Waals surface area (Å²) in [7, 11) is 0. The molecule has 1 N–H and O–H groups in total. The molecule has 1 aliphatic rings. The minimum Gasteiger partial charge on any atom is -0.494 e. The van der Waals surface area contributed by atoms with Crippen LogP contribution in [0.25, 0.3) is 0 Å². The number of nitrogens with zero attached hydrogens (tertiary/aromatic N) is 3. The number of aromatic amines is 1. The lowest BCUT2D eigenvalue weighted by Crippen LogP contribution is -2.37. The molecule has 1 aromatic carbocycles. The second kappa shape index (κ2) is 8.48. The molecule has 0 atom stereocenters. The fourth-order valence-corrected chi connectivity index (χ4v) is 2.99. The number of carbonyl (C=O) groups is 2. The fraction of sp³-hybridized carbons (Fsp3) is 0.368. The second-order valence-electron chi connectivity index (χ2n) is 6.20. The minimum absolute atomic E-state index is 0.0606. The lowest BCUT2D eigenvalue weighted by molar-refractivity contribution is 0.0715. The van der Waals surface area contributed by atoms with E-state index in [0.717, 1.165) is 5.75 Å². The largest absolute Gasteiger partial charge is 0.494 e. The standard InChI is InChI=1S/C19H22N4O4/c1-2-27-15-6-4-14(5-7-15)18(25)22-10-3-11-23(13-12-22)19(26)16-8-9-17(24)21-20-16/h4-9H,2-3,10-13H2,1H3,(H,21,24). The summed E-state index contributed by atoms with van der Waals surface area (Å²) in [4.78, 5) is 39.8. The maximum Gasteiger partial charge on any atom is 0.274 e. The number of H-pyrrole nitrogens is 1. The Morgan fingerprint density at radius 2 is 1.67 bits per heavy atom. The third kappa shape index (κ3) is 4.52. The zero-order valence-corrected chi connectivity index (χ0v) is 15.2. The summed E-state index contributed by atoms with van der Waals surface area (Å²) < 4.78 is 5.40. The van der Waals surface area contributed by atoms with Crippen molar-refractivity contribution in [1.82, 2.24) is 20.0 Å². The lowest BCUT2D eigenvalue weighted by atomic mass is 10.2. The molecule has 142 valence electrons. The molecule has 0 unspecified atom stereocenters. The van der Waals surface area contributed by atoms with Gasteiger partial charge in [-0.25, -0.2) is 5.10 Å². The van der Waals surface area contributed by atoms with Crippen LogP contribution in [0.1, 0.15) is 34.2 Å². The maximum absolute atomic E-state index is 12.7. The van der Waals surface area contributed by atoms with E-state index < -0.39 is 0 Å². The number of nitrogens with one attached hydrogen (secondary N) is 1. The molecule has 8 heteroatoms. The Morgan fingerprint density at radius 3 is 2.26 bits per heavy atom. The van der Waals surface area contributed by atoms with Crippen molar-refractivity contribution in [2.45, 2.75) is 13.3 Å². The van der Waals surface area contributed by atoms with Crippen LogP contribution in [0.15, 0.2) is 41.2 Å². The molecule has 27 heavy (non-hydrogen) atoms. The van der Waals surface area contributed by atoms with Crippen molar-refractivity contribution in [2.24, 2.45) is 0 Å². The van der Waals surface area contributed by atoms with E-state index in [1.807, 2.05) is 6.92 Å². The highest BCUT2D eigenvalue weighted by atomic mass is 16.5. The van der Waals surface area contributed by atoms with E-state index in [2.05, 4.69) is 10.2 Å². The average molecular weight is 370 g/mol. The molecule has 2 heterocycles. The SMILES string of the molecule is CCOc1ccc(C(=O)N2CCCN(C(=O)c3ccc(=O)[nH]n3)CC2)cc1. The molecule has 0 radical (unpaired) electrons. The lowest BCUT2D eigenvalue weighted by Gasteiger charge is -2.22. The summed E-state index contributed by atoms with van der Waals surface area (Å²) in [5, 5.41) is 6.06. The molecular weight excluding hydrogens is 348 g/mol. The molecular formula is C19H22N4O4. The molecule has 1 saturated heterocycles. The van der Waals surface area contributed by atoms with Gasteiger partial charge in [-0.3, -0.25) is 14.4 Å². The first-order chi connectivity index (χ1) is 13.1. The van der Waals surface area contributed by atoms with E-state index in [1.165, 1.54) is 12.1 Å². The van der Waals surface area contributed by atoms with E-state index >= 15 is 0 Å². The van der Waals surface area contributed by atoms with Crippen molar-refractivity contribution in [1.29, 1.82) is 0 Å². The predicted molar refractivity (Wildman–Crippen MR) is 98.9 cm³/mol. The Bertz CT molecular complexity index is 842. The van der Waals surface area contributed by atoms with Crippen LogP contribution in [0.3, 0.4) is 0 Å². The van der Waals surface area contributed by atoms with Gasteiger partial charge in [0.15, 0.2) is 0 Å². The quantitative estimate of drug-likeness (QED) is 0.871.